The first kappa shape index (κ1) is 23.6. The van der Waals surface area contributed by atoms with Crippen molar-refractivity contribution in [3.63, 3.8) is 0 Å². The second-order valence-corrected chi connectivity index (χ2v) is 12.2. The van der Waals surface area contributed by atoms with E-state index in [1.807, 2.05) is 0 Å². The fourth-order valence-corrected chi connectivity index (χ4v) is 5.53. The molecule has 35 heavy (non-hydrogen) atoms. The van der Waals surface area contributed by atoms with Gasteiger partial charge in [-0.25, -0.2) is 0 Å². The van der Waals surface area contributed by atoms with E-state index < -0.39 is 5.97 Å². The molecule has 0 bridgehead atoms. The van der Waals surface area contributed by atoms with Crippen molar-refractivity contribution in [2.45, 2.75) is 78.1 Å². The molecule has 1 N–H and O–H groups in total. The van der Waals surface area contributed by atoms with Crippen LogP contribution in [0.5, 0.6) is 0 Å². The third-order valence-electron chi connectivity index (χ3n) is 7.58. The van der Waals surface area contributed by atoms with Crippen molar-refractivity contribution in [3.05, 3.63) is 71.3 Å². The summed E-state index contributed by atoms with van der Waals surface area (Å²) in [5.41, 5.74) is 4.16. The lowest BCUT2D eigenvalue weighted by Gasteiger charge is -2.25. The van der Waals surface area contributed by atoms with Crippen LogP contribution in [-0.4, -0.2) is 11.1 Å². The number of unbranched alkanes of at least 4 members (excludes halogenated alkanes) is 1. The Morgan fingerprint density at radius 1 is 0.686 bits per heavy atom. The second kappa shape index (κ2) is 8.22. The summed E-state index contributed by atoms with van der Waals surface area (Å²) in [7, 11) is 0. The Bertz CT molecular complexity index is 1510. The monoisotopic (exact) mass is 464 g/mol. The Balaban J connectivity index is 1.86. The predicted octanol–water partition coefficient (Wildman–Crippen LogP) is 9.13. The fourth-order valence-electron chi connectivity index (χ4n) is 5.53. The molecule has 0 aliphatic rings. The van der Waals surface area contributed by atoms with Gasteiger partial charge in [-0.15, -0.1) is 0 Å². The van der Waals surface area contributed by atoms with E-state index in [2.05, 4.69) is 96.1 Å². The van der Waals surface area contributed by atoms with E-state index in [1.165, 1.54) is 59.8 Å². The van der Waals surface area contributed by atoms with Crippen LogP contribution >= 0.6 is 0 Å². The van der Waals surface area contributed by atoms with Crippen molar-refractivity contribution in [3.8, 4) is 0 Å². The van der Waals surface area contributed by atoms with Gasteiger partial charge in [0.25, 0.3) is 0 Å². The maximum atomic E-state index is 11.0. The normalized spacial score (nSPS) is 13.0. The molecule has 0 amide bonds. The summed E-state index contributed by atoms with van der Waals surface area (Å²) in [4.78, 5) is 11.0. The van der Waals surface area contributed by atoms with E-state index in [0.717, 1.165) is 12.8 Å². The van der Waals surface area contributed by atoms with Gasteiger partial charge in [0.15, 0.2) is 0 Å². The van der Waals surface area contributed by atoms with E-state index in [-0.39, 0.29) is 17.3 Å². The van der Waals surface area contributed by atoms with Gasteiger partial charge in [-0.05, 0) is 102 Å². The number of hydrogen-bond acceptors (Lipinski definition) is 1. The third kappa shape index (κ3) is 4.14. The zero-order valence-electron chi connectivity index (χ0n) is 21.9. The quantitative estimate of drug-likeness (QED) is 0.160. The molecule has 0 saturated heterocycles. The Morgan fingerprint density at radius 2 is 1.26 bits per heavy atom. The number of carboxylic acid groups (broad SMARTS) is 1. The van der Waals surface area contributed by atoms with Gasteiger partial charge in [-0.3, -0.25) is 4.79 Å². The molecule has 180 valence electrons. The summed E-state index contributed by atoms with van der Waals surface area (Å²) in [6, 6.07) is 20.9. The minimum absolute atomic E-state index is 0.0583. The number of carbonyl (C=O) groups is 1. The number of fused-ring (bicyclic) bond motifs is 2. The van der Waals surface area contributed by atoms with Crippen LogP contribution in [-0.2, 0) is 22.0 Å². The first-order valence-corrected chi connectivity index (χ1v) is 12.8. The molecule has 0 saturated carbocycles. The van der Waals surface area contributed by atoms with Crippen LogP contribution in [0.2, 0.25) is 0 Å². The van der Waals surface area contributed by atoms with Crippen molar-refractivity contribution in [1.82, 2.24) is 0 Å². The number of aliphatic carboxylic acids is 1. The van der Waals surface area contributed by atoms with Crippen LogP contribution in [0.15, 0.2) is 54.6 Å². The van der Waals surface area contributed by atoms with Crippen LogP contribution in [0, 0.1) is 0 Å². The summed E-state index contributed by atoms with van der Waals surface area (Å²) in [6.45, 7) is 13.8. The zero-order valence-corrected chi connectivity index (χ0v) is 21.9. The highest BCUT2D eigenvalue weighted by Gasteiger charge is 2.22. The number of rotatable bonds is 5. The van der Waals surface area contributed by atoms with Crippen molar-refractivity contribution in [1.29, 1.82) is 0 Å². The fraction of sp³-hybridized carbons (Fsp3) is 0.364. The Labute approximate surface area is 208 Å². The molecule has 2 nitrogen and oxygen atoms in total. The number of hydrogen-bond donors (Lipinski definition) is 1. The summed E-state index contributed by atoms with van der Waals surface area (Å²) in [5, 5.41) is 19.7. The molecule has 5 aromatic carbocycles. The molecule has 0 heterocycles. The van der Waals surface area contributed by atoms with E-state index in [4.69, 9.17) is 5.11 Å². The van der Waals surface area contributed by atoms with Gasteiger partial charge in [0.05, 0.1) is 0 Å². The first-order valence-electron chi connectivity index (χ1n) is 12.8. The number of benzene rings is 5. The van der Waals surface area contributed by atoms with Crippen LogP contribution < -0.4 is 0 Å². The maximum Gasteiger partial charge on any atom is 0.303 e. The lowest BCUT2D eigenvalue weighted by atomic mass is 9.79. The molecule has 2 heteroatoms. The van der Waals surface area contributed by atoms with Crippen molar-refractivity contribution >= 4 is 49.1 Å². The Morgan fingerprint density at radius 3 is 1.83 bits per heavy atom. The first-order chi connectivity index (χ1) is 16.4. The molecule has 0 aliphatic carbocycles. The van der Waals surface area contributed by atoms with Crippen LogP contribution in [0.3, 0.4) is 0 Å². The van der Waals surface area contributed by atoms with Crippen LogP contribution in [0.1, 0.15) is 77.5 Å². The number of aryl methyl sites for hydroxylation is 1. The summed E-state index contributed by atoms with van der Waals surface area (Å²) < 4.78 is 0. The van der Waals surface area contributed by atoms with Gasteiger partial charge < -0.3 is 5.11 Å². The highest BCUT2D eigenvalue weighted by Crippen LogP contribution is 2.44. The molecule has 0 unspecified atom stereocenters. The molecule has 0 aliphatic heterocycles. The van der Waals surface area contributed by atoms with Crippen molar-refractivity contribution in [2.75, 3.05) is 0 Å². The Kier molecular flexibility index (Phi) is 5.55. The lowest BCUT2D eigenvalue weighted by molar-refractivity contribution is -0.137. The summed E-state index contributed by atoms with van der Waals surface area (Å²) in [5.74, 6) is -0.712. The van der Waals surface area contributed by atoms with Gasteiger partial charge in [0, 0.05) is 6.42 Å². The van der Waals surface area contributed by atoms with E-state index in [9.17, 15) is 4.79 Å². The number of carboxylic acids is 1. The maximum absolute atomic E-state index is 11.0. The van der Waals surface area contributed by atoms with Gasteiger partial charge in [0.2, 0.25) is 0 Å². The molecular weight excluding hydrogens is 428 g/mol. The average Bonchev–Trinajstić information content (AvgIpc) is 2.78. The smallest absolute Gasteiger partial charge is 0.303 e. The van der Waals surface area contributed by atoms with Crippen LogP contribution in [0.25, 0.3) is 43.1 Å². The molecule has 0 aromatic heterocycles. The van der Waals surface area contributed by atoms with Crippen molar-refractivity contribution < 1.29 is 9.90 Å². The highest BCUT2D eigenvalue weighted by atomic mass is 16.4. The standard InChI is InChI=1S/C33H36O2/c1-32(2,3)22-16-21-17-23(33(4,5)6)19-28-26-15-14-20(10-7-8-13-29(34)35)24-11-9-12-25(31(24)26)27(18-22)30(21)28/h9,11-12,14-19H,7-8,10,13H2,1-6H3,(H,34,35). The molecule has 0 fully saturated rings. The molecule has 0 atom stereocenters. The topological polar surface area (TPSA) is 37.3 Å². The lowest BCUT2D eigenvalue weighted by Crippen LogP contribution is -2.12. The largest absolute Gasteiger partial charge is 0.481 e. The summed E-state index contributed by atoms with van der Waals surface area (Å²) in [6.07, 6.45) is 2.74. The molecule has 0 radical (unpaired) electrons. The highest BCUT2D eigenvalue weighted by molar-refractivity contribution is 6.33. The van der Waals surface area contributed by atoms with Gasteiger partial charge >= 0.3 is 5.97 Å². The third-order valence-corrected chi connectivity index (χ3v) is 7.58. The summed E-state index contributed by atoms with van der Waals surface area (Å²) >= 11 is 0. The van der Waals surface area contributed by atoms with E-state index in [1.54, 1.807) is 0 Å². The van der Waals surface area contributed by atoms with E-state index in [0.29, 0.717) is 6.42 Å². The van der Waals surface area contributed by atoms with Crippen molar-refractivity contribution in [2.24, 2.45) is 0 Å². The van der Waals surface area contributed by atoms with Gasteiger partial charge in [-0.2, -0.15) is 0 Å². The molecule has 0 spiro atoms. The van der Waals surface area contributed by atoms with Crippen LogP contribution in [0.4, 0.5) is 0 Å². The minimum atomic E-state index is -0.712. The zero-order chi connectivity index (χ0) is 25.1. The SMILES string of the molecule is CC(C)(C)c1cc2cc(C(C)(C)C)cc3c4ccc(CCCCC(=O)O)c5cccc(c(c1)c23)c54. The predicted molar refractivity (Wildman–Crippen MR) is 150 cm³/mol. The molecule has 5 aromatic rings. The van der Waals surface area contributed by atoms with Gasteiger partial charge in [-0.1, -0.05) is 84.0 Å². The molecule has 5 rings (SSSR count). The van der Waals surface area contributed by atoms with E-state index >= 15 is 0 Å². The Hall–Kier alpha value is -3.13. The minimum Gasteiger partial charge on any atom is -0.481 e. The van der Waals surface area contributed by atoms with Gasteiger partial charge in [0.1, 0.15) is 0 Å². The molecular formula is C33H36O2. The average molecular weight is 465 g/mol. The second-order valence-electron chi connectivity index (χ2n) is 12.2.